The maximum atomic E-state index is 12.0. The number of nitrogens with one attached hydrogen (secondary N) is 2. The molecule has 0 radical (unpaired) electrons. The van der Waals surface area contributed by atoms with E-state index in [1.807, 2.05) is 0 Å². The van der Waals surface area contributed by atoms with Gasteiger partial charge in [0.1, 0.15) is 18.4 Å². The van der Waals surface area contributed by atoms with Gasteiger partial charge >= 0.3 is 0 Å². The second-order valence-electron chi connectivity index (χ2n) is 3.44. The summed E-state index contributed by atoms with van der Waals surface area (Å²) in [5, 5.41) is 19.4. The number of rotatable bonds is 6. The van der Waals surface area contributed by atoms with Gasteiger partial charge in [-0.2, -0.15) is 10.4 Å². The van der Waals surface area contributed by atoms with Crippen molar-refractivity contribution >= 4 is 28.8 Å². The molecule has 0 saturated carbocycles. The highest BCUT2D eigenvalue weighted by Crippen LogP contribution is 2.28. The third kappa shape index (κ3) is 4.70. The van der Waals surface area contributed by atoms with Gasteiger partial charge in [0.25, 0.3) is 6.43 Å². The molecule has 0 unspecified atom stereocenters. The normalized spacial score (nSPS) is 11.1. The second-order valence-corrected chi connectivity index (χ2v) is 3.85. The molecule has 0 amide bonds. The predicted molar refractivity (Wildman–Crippen MR) is 71.5 cm³/mol. The quantitative estimate of drug-likeness (QED) is 0.425. The highest BCUT2D eigenvalue weighted by molar-refractivity contribution is 6.45. The molecule has 0 saturated heterocycles. The van der Waals surface area contributed by atoms with Crippen LogP contribution in [0.5, 0.6) is 5.75 Å². The first-order valence-electron chi connectivity index (χ1n) is 5.22. The average Bonchev–Trinajstić information content (AvgIpc) is 2.37. The first kappa shape index (κ1) is 15.7. The van der Waals surface area contributed by atoms with Gasteiger partial charge in [0.05, 0.1) is 10.7 Å². The fourth-order valence-electron chi connectivity index (χ4n) is 1.11. The maximum Gasteiger partial charge on any atom is 0.272 e. The minimum absolute atomic E-state index is 0.104. The van der Waals surface area contributed by atoms with Gasteiger partial charge in [-0.25, -0.2) is 8.78 Å². The molecule has 6 nitrogen and oxygen atoms in total. The zero-order chi connectivity index (χ0) is 15.1. The standard InChI is InChI=1S/C11H10ClF2N5O/c12-7-3-6(18-19-8(4-15)11(16)17)1-2-9(7)20-5-10(13)14/h1-3,10,18H,5H2,(H3,16,17)/b19-8+. The van der Waals surface area contributed by atoms with E-state index in [2.05, 4.69) is 10.5 Å². The van der Waals surface area contributed by atoms with E-state index in [1.165, 1.54) is 18.2 Å². The number of amidine groups is 1. The number of benzene rings is 1. The molecule has 1 aromatic rings. The largest absolute Gasteiger partial charge is 0.486 e. The molecule has 0 aliphatic rings. The van der Waals surface area contributed by atoms with Crippen molar-refractivity contribution in [1.82, 2.24) is 0 Å². The van der Waals surface area contributed by atoms with Crippen LogP contribution in [0.3, 0.4) is 0 Å². The van der Waals surface area contributed by atoms with Crippen LogP contribution in [0.2, 0.25) is 5.02 Å². The van der Waals surface area contributed by atoms with Crippen molar-refractivity contribution in [2.24, 2.45) is 10.8 Å². The minimum Gasteiger partial charge on any atom is -0.486 e. The molecular formula is C11H10ClF2N5O. The van der Waals surface area contributed by atoms with Crippen LogP contribution in [-0.4, -0.2) is 24.6 Å². The van der Waals surface area contributed by atoms with E-state index >= 15 is 0 Å². The van der Waals surface area contributed by atoms with Crippen LogP contribution in [0.4, 0.5) is 14.5 Å². The van der Waals surface area contributed by atoms with Crippen molar-refractivity contribution in [3.05, 3.63) is 23.2 Å². The van der Waals surface area contributed by atoms with Crippen LogP contribution in [-0.2, 0) is 0 Å². The highest BCUT2D eigenvalue weighted by atomic mass is 35.5. The lowest BCUT2D eigenvalue weighted by Crippen LogP contribution is -2.21. The third-order valence-corrected chi connectivity index (χ3v) is 2.25. The summed E-state index contributed by atoms with van der Waals surface area (Å²) in [4.78, 5) is 0. The molecule has 1 aromatic carbocycles. The Morgan fingerprint density at radius 2 is 2.30 bits per heavy atom. The molecule has 0 spiro atoms. The summed E-state index contributed by atoms with van der Waals surface area (Å²) < 4.78 is 28.8. The molecule has 0 aliphatic carbocycles. The molecule has 9 heteroatoms. The van der Waals surface area contributed by atoms with Gasteiger partial charge in [-0.15, -0.1) is 0 Å². The number of hydrogen-bond donors (Lipinski definition) is 3. The SMILES string of the molecule is N#C/C(=N\Nc1ccc(OCC(F)F)c(Cl)c1)C(=N)N. The number of halogens is 3. The number of nitriles is 1. The Kier molecular flexibility index (Phi) is 5.68. The van der Waals surface area contributed by atoms with Crippen LogP contribution in [0.25, 0.3) is 0 Å². The Morgan fingerprint density at radius 3 is 2.80 bits per heavy atom. The first-order chi connectivity index (χ1) is 9.43. The lowest BCUT2D eigenvalue weighted by Gasteiger charge is -2.08. The van der Waals surface area contributed by atoms with Crippen molar-refractivity contribution in [1.29, 1.82) is 10.7 Å². The summed E-state index contributed by atoms with van der Waals surface area (Å²) >= 11 is 5.83. The lowest BCUT2D eigenvalue weighted by atomic mass is 10.3. The number of anilines is 1. The van der Waals surface area contributed by atoms with Crippen molar-refractivity contribution in [2.75, 3.05) is 12.0 Å². The Balaban J connectivity index is 2.78. The highest BCUT2D eigenvalue weighted by Gasteiger charge is 2.08. The van der Waals surface area contributed by atoms with Crippen LogP contribution in [0.1, 0.15) is 0 Å². The maximum absolute atomic E-state index is 12.0. The van der Waals surface area contributed by atoms with E-state index in [0.717, 1.165) is 0 Å². The first-order valence-corrected chi connectivity index (χ1v) is 5.60. The monoisotopic (exact) mass is 301 g/mol. The van der Waals surface area contributed by atoms with Gasteiger partial charge in [0.15, 0.2) is 5.84 Å². The van der Waals surface area contributed by atoms with E-state index in [0.29, 0.717) is 5.69 Å². The van der Waals surface area contributed by atoms with Crippen LogP contribution < -0.4 is 15.9 Å². The van der Waals surface area contributed by atoms with Crippen LogP contribution in [0, 0.1) is 16.7 Å². The summed E-state index contributed by atoms with van der Waals surface area (Å²) in [6, 6.07) is 5.84. The Bertz CT molecular complexity index is 570. The topological polar surface area (TPSA) is 107 Å². The van der Waals surface area contributed by atoms with Gasteiger partial charge in [0, 0.05) is 0 Å². The van der Waals surface area contributed by atoms with Gasteiger partial charge in [0.2, 0.25) is 5.71 Å². The zero-order valence-corrected chi connectivity index (χ0v) is 10.8. The number of nitrogens with two attached hydrogens (primary N) is 1. The zero-order valence-electron chi connectivity index (χ0n) is 10.0. The third-order valence-electron chi connectivity index (χ3n) is 1.95. The fraction of sp³-hybridized carbons (Fsp3) is 0.182. The molecule has 20 heavy (non-hydrogen) atoms. The van der Waals surface area contributed by atoms with E-state index in [4.69, 9.17) is 32.7 Å². The number of hydrazone groups is 1. The van der Waals surface area contributed by atoms with Crippen molar-refractivity contribution < 1.29 is 13.5 Å². The van der Waals surface area contributed by atoms with Crippen LogP contribution >= 0.6 is 11.6 Å². The fourth-order valence-corrected chi connectivity index (χ4v) is 1.34. The molecule has 1 rings (SSSR count). The number of hydrogen-bond acceptors (Lipinski definition) is 5. The van der Waals surface area contributed by atoms with Crippen molar-refractivity contribution in [2.45, 2.75) is 6.43 Å². The van der Waals surface area contributed by atoms with E-state index in [-0.39, 0.29) is 16.5 Å². The average molecular weight is 302 g/mol. The Morgan fingerprint density at radius 1 is 1.60 bits per heavy atom. The summed E-state index contributed by atoms with van der Waals surface area (Å²) in [6.45, 7) is -0.756. The molecule has 0 heterocycles. The predicted octanol–water partition coefficient (Wildman–Crippen LogP) is 2.21. The lowest BCUT2D eigenvalue weighted by molar-refractivity contribution is 0.0819. The van der Waals surface area contributed by atoms with Crippen molar-refractivity contribution in [3.63, 3.8) is 0 Å². The molecular weight excluding hydrogens is 292 g/mol. The van der Waals surface area contributed by atoms with E-state index in [9.17, 15) is 8.78 Å². The molecule has 0 fully saturated rings. The summed E-state index contributed by atoms with van der Waals surface area (Å²) in [5.74, 6) is -0.378. The number of nitrogens with zero attached hydrogens (tertiary/aromatic N) is 2. The summed E-state index contributed by atoms with van der Waals surface area (Å²) in [7, 11) is 0. The molecule has 0 bridgehead atoms. The van der Waals surface area contributed by atoms with Gasteiger partial charge < -0.3 is 10.5 Å². The molecule has 106 valence electrons. The smallest absolute Gasteiger partial charge is 0.272 e. The van der Waals surface area contributed by atoms with E-state index in [1.54, 1.807) is 6.07 Å². The minimum atomic E-state index is -2.60. The van der Waals surface area contributed by atoms with Crippen molar-refractivity contribution in [3.8, 4) is 11.8 Å². The van der Waals surface area contributed by atoms with Gasteiger partial charge in [-0.05, 0) is 18.2 Å². The van der Waals surface area contributed by atoms with Crippen LogP contribution in [0.15, 0.2) is 23.3 Å². The molecule has 0 atom stereocenters. The Labute approximate surface area is 118 Å². The second kappa shape index (κ2) is 7.25. The Hall–Kier alpha value is -2.40. The van der Waals surface area contributed by atoms with Gasteiger partial charge in [-0.1, -0.05) is 11.6 Å². The molecule has 4 N–H and O–H groups in total. The number of alkyl halides is 2. The summed E-state index contributed by atoms with van der Waals surface area (Å²) in [5.41, 5.74) is 7.66. The number of ether oxygens (including phenoxy) is 1. The van der Waals surface area contributed by atoms with E-state index < -0.39 is 18.9 Å². The summed E-state index contributed by atoms with van der Waals surface area (Å²) in [6.07, 6.45) is -2.60. The van der Waals surface area contributed by atoms with Gasteiger partial charge in [-0.3, -0.25) is 10.8 Å². The molecule has 0 aliphatic heterocycles. The molecule has 0 aromatic heterocycles.